The highest BCUT2D eigenvalue weighted by atomic mass is 16.6. The highest BCUT2D eigenvalue weighted by Crippen LogP contribution is 2.40. The third-order valence-corrected chi connectivity index (χ3v) is 7.36. The number of para-hydroxylation sites is 1. The summed E-state index contributed by atoms with van der Waals surface area (Å²) in [7, 11) is 7.26. The molecule has 1 aliphatic heterocycles. The molecule has 2 N–H and O–H groups in total. The van der Waals surface area contributed by atoms with Crippen molar-refractivity contribution >= 4 is 33.9 Å². The number of hydrogen-bond donors (Lipinski definition) is 2. The molecule has 0 radical (unpaired) electrons. The molecule has 0 spiro atoms. The number of ether oxygens (including phenoxy) is 1. The third-order valence-electron chi connectivity index (χ3n) is 7.36. The van der Waals surface area contributed by atoms with Crippen molar-refractivity contribution in [3.8, 4) is 28.8 Å². The largest absolute Gasteiger partial charge is 0.494 e. The molecule has 2 aromatic heterocycles. The number of hydrogen-bond acceptors (Lipinski definition) is 9. The van der Waals surface area contributed by atoms with Gasteiger partial charge in [0.1, 0.15) is 11.4 Å². The molecule has 0 atom stereocenters. The molecule has 4 aromatic rings. The number of nitrogens with zero attached hydrogens (tertiary/aromatic N) is 6. The second-order valence-electron chi connectivity index (χ2n) is 10.5. The molecule has 1 aliphatic rings. The number of benzene rings is 2. The molecule has 11 nitrogen and oxygen atoms in total. The Morgan fingerprint density at radius 2 is 2.07 bits per heavy atom. The second-order valence-corrected chi connectivity index (χ2v) is 10.5. The molecule has 3 heterocycles. The smallest absolute Gasteiger partial charge is 0.294 e. The lowest BCUT2D eigenvalue weighted by Crippen LogP contribution is -2.28. The van der Waals surface area contributed by atoms with Crippen molar-refractivity contribution in [2.75, 3.05) is 58.2 Å². The summed E-state index contributed by atoms with van der Waals surface area (Å²) in [6.07, 6.45) is 6.19. The molecule has 0 bridgehead atoms. The maximum Gasteiger partial charge on any atom is 0.294 e. The lowest BCUT2D eigenvalue weighted by atomic mass is 10.0. The summed E-state index contributed by atoms with van der Waals surface area (Å²) in [4.78, 5) is 24.9. The Morgan fingerprint density at radius 3 is 2.81 bits per heavy atom. The van der Waals surface area contributed by atoms with Gasteiger partial charge in [0.2, 0.25) is 5.95 Å². The molecule has 11 heteroatoms. The summed E-state index contributed by atoms with van der Waals surface area (Å²) < 4.78 is 7.91. The first-order chi connectivity index (χ1) is 20.3. The van der Waals surface area contributed by atoms with Crippen molar-refractivity contribution < 1.29 is 14.8 Å². The van der Waals surface area contributed by atoms with Gasteiger partial charge in [-0.05, 0) is 32.5 Å². The molecule has 42 heavy (non-hydrogen) atoms. The fourth-order valence-electron chi connectivity index (χ4n) is 5.26. The quantitative estimate of drug-likeness (QED) is 0.162. The fourth-order valence-corrected chi connectivity index (χ4v) is 5.26. The summed E-state index contributed by atoms with van der Waals surface area (Å²) in [6, 6.07) is 9.44. The normalized spacial score (nSPS) is 12.2. The lowest BCUT2D eigenvalue weighted by Gasteiger charge is -2.22. The Hall–Kier alpha value is -4.66. The van der Waals surface area contributed by atoms with E-state index >= 15 is 0 Å². The molecule has 5 rings (SSSR count). The number of aliphatic hydroxyl groups is 1. The average molecular weight is 570 g/mol. The number of likely N-dealkylation sites (N-methyl/N-ethyl adjacent to an activating group) is 2. The summed E-state index contributed by atoms with van der Waals surface area (Å²) >= 11 is 0. The van der Waals surface area contributed by atoms with Crippen molar-refractivity contribution in [2.45, 2.75) is 25.8 Å². The molecule has 0 saturated carbocycles. The van der Waals surface area contributed by atoms with Crippen LogP contribution < -0.4 is 15.0 Å². The molecule has 0 aliphatic carbocycles. The van der Waals surface area contributed by atoms with Gasteiger partial charge >= 0.3 is 0 Å². The summed E-state index contributed by atoms with van der Waals surface area (Å²) in [6.45, 7) is 2.22. The molecule has 2 aromatic carbocycles. The van der Waals surface area contributed by atoms with E-state index in [9.17, 15) is 15.2 Å². The second kappa shape index (κ2) is 12.5. The van der Waals surface area contributed by atoms with Crippen molar-refractivity contribution in [2.24, 2.45) is 0 Å². The van der Waals surface area contributed by atoms with Gasteiger partial charge in [-0.2, -0.15) is 0 Å². The van der Waals surface area contributed by atoms with Crippen molar-refractivity contribution in [3.63, 3.8) is 0 Å². The van der Waals surface area contributed by atoms with E-state index in [0.717, 1.165) is 36.9 Å². The monoisotopic (exact) mass is 569 g/mol. The van der Waals surface area contributed by atoms with Crippen molar-refractivity contribution in [1.82, 2.24) is 19.4 Å². The van der Waals surface area contributed by atoms with Gasteiger partial charge < -0.3 is 29.5 Å². The fraction of sp³-hybridized carbons (Fsp3) is 0.355. The van der Waals surface area contributed by atoms with Crippen LogP contribution in [0.4, 0.5) is 23.0 Å². The molecule has 218 valence electrons. The maximum atomic E-state index is 12.1. The third kappa shape index (κ3) is 5.86. The Bertz CT molecular complexity index is 1690. The van der Waals surface area contributed by atoms with Gasteiger partial charge in [0, 0.05) is 68.6 Å². The minimum Gasteiger partial charge on any atom is -0.494 e. The van der Waals surface area contributed by atoms with Gasteiger partial charge in [0.25, 0.3) is 5.69 Å². The molecule has 0 saturated heterocycles. The zero-order valence-electron chi connectivity index (χ0n) is 24.3. The van der Waals surface area contributed by atoms with Gasteiger partial charge in [-0.15, -0.1) is 0 Å². The number of nitro groups is 1. The van der Waals surface area contributed by atoms with Gasteiger partial charge in [-0.3, -0.25) is 10.1 Å². The van der Waals surface area contributed by atoms with Crippen LogP contribution in [0.15, 0.2) is 42.7 Å². The van der Waals surface area contributed by atoms with Crippen LogP contribution in [-0.2, 0) is 13.0 Å². The topological polar surface area (TPSA) is 122 Å². The number of anilines is 3. The molecule has 0 amide bonds. The maximum absolute atomic E-state index is 12.1. The van der Waals surface area contributed by atoms with Crippen LogP contribution in [0.3, 0.4) is 0 Å². The average Bonchev–Trinajstić information content (AvgIpc) is 3.36. The summed E-state index contributed by atoms with van der Waals surface area (Å²) in [5, 5.41) is 25.6. The van der Waals surface area contributed by atoms with Crippen LogP contribution in [0.25, 0.3) is 22.2 Å². The van der Waals surface area contributed by atoms with Crippen LogP contribution in [0, 0.1) is 22.0 Å². The highest BCUT2D eigenvalue weighted by molar-refractivity contribution is 5.98. The number of aliphatic hydroxyl groups excluding tert-OH is 1. The van der Waals surface area contributed by atoms with Crippen LogP contribution in [-0.4, -0.2) is 77.4 Å². The van der Waals surface area contributed by atoms with Gasteiger partial charge in [0.15, 0.2) is 0 Å². The Labute approximate surface area is 244 Å². The number of nitro benzene ring substituents is 1. The zero-order valence-corrected chi connectivity index (χ0v) is 24.3. The van der Waals surface area contributed by atoms with E-state index in [0.29, 0.717) is 41.3 Å². The van der Waals surface area contributed by atoms with Crippen molar-refractivity contribution in [3.05, 3.63) is 64.0 Å². The zero-order chi connectivity index (χ0) is 29.8. The summed E-state index contributed by atoms with van der Waals surface area (Å²) in [5.41, 5.74) is 5.49. The van der Waals surface area contributed by atoms with E-state index in [1.54, 1.807) is 12.3 Å². The molecular formula is C31H35N7O4. The number of methoxy groups -OCH3 is 1. The van der Waals surface area contributed by atoms with E-state index in [1.165, 1.54) is 24.3 Å². The molecular weight excluding hydrogens is 534 g/mol. The van der Waals surface area contributed by atoms with Crippen molar-refractivity contribution in [1.29, 1.82) is 0 Å². The van der Waals surface area contributed by atoms with Gasteiger partial charge in [-0.1, -0.05) is 30.0 Å². The Balaban J connectivity index is 1.58. The minimum absolute atomic E-state index is 0.0373. The van der Waals surface area contributed by atoms with E-state index in [1.807, 2.05) is 30.9 Å². The Morgan fingerprint density at radius 1 is 1.24 bits per heavy atom. The van der Waals surface area contributed by atoms with Crippen LogP contribution >= 0.6 is 0 Å². The van der Waals surface area contributed by atoms with Gasteiger partial charge in [-0.25, -0.2) is 9.97 Å². The molecule has 0 unspecified atom stereocenters. The van der Waals surface area contributed by atoms with E-state index < -0.39 is 4.92 Å². The van der Waals surface area contributed by atoms with E-state index in [4.69, 9.17) is 9.72 Å². The number of aromatic nitrogens is 3. The summed E-state index contributed by atoms with van der Waals surface area (Å²) in [5.74, 6) is 6.79. The lowest BCUT2D eigenvalue weighted by molar-refractivity contribution is -0.384. The first kappa shape index (κ1) is 28.9. The number of rotatable bonds is 10. The van der Waals surface area contributed by atoms with Gasteiger partial charge in [0.05, 0.1) is 41.1 Å². The minimum atomic E-state index is -0.397. The standard InChI is InChI=1S/C31H35N7O4/c1-35(2)14-15-36(3)26-18-28(42-4)25(17-27(26)38(40)41)33-31-32-19-22(9-5-6-16-39)29(34-31)24-20-37-13-8-11-21-10-7-12-23(24)30(21)37/h7,10,12,17-20,39H,6,8,11,13-16H2,1-4H3,(H,32,33,34). The van der Waals surface area contributed by atoms with Crippen LogP contribution in [0.5, 0.6) is 5.75 Å². The van der Waals surface area contributed by atoms with E-state index in [-0.39, 0.29) is 18.2 Å². The van der Waals surface area contributed by atoms with Crippen LogP contribution in [0.2, 0.25) is 0 Å². The Kier molecular flexibility index (Phi) is 8.56. The number of nitrogens with one attached hydrogen (secondary N) is 1. The molecule has 0 fully saturated rings. The predicted molar refractivity (Wildman–Crippen MR) is 165 cm³/mol. The first-order valence-corrected chi connectivity index (χ1v) is 13.9. The SMILES string of the molecule is COc1cc(N(C)CCN(C)C)c([N+](=O)[O-])cc1Nc1ncc(C#CCCO)c(-c2cn3c4c(cccc24)CCC3)n1. The first-order valence-electron chi connectivity index (χ1n) is 13.9. The number of aryl methyl sites for hydroxylation is 2. The van der Waals surface area contributed by atoms with Crippen LogP contribution in [0.1, 0.15) is 24.0 Å². The van der Waals surface area contributed by atoms with E-state index in [2.05, 4.69) is 51.1 Å². The predicted octanol–water partition coefficient (Wildman–Crippen LogP) is 4.44. The highest BCUT2D eigenvalue weighted by Gasteiger charge is 2.24.